The van der Waals surface area contributed by atoms with E-state index in [-0.39, 0.29) is 5.78 Å². The van der Waals surface area contributed by atoms with Gasteiger partial charge in [-0.2, -0.15) is 5.10 Å². The lowest BCUT2D eigenvalue weighted by Gasteiger charge is -2.12. The van der Waals surface area contributed by atoms with Gasteiger partial charge in [-0.3, -0.25) is 4.79 Å². The van der Waals surface area contributed by atoms with E-state index in [1.807, 2.05) is 59.3 Å². The summed E-state index contributed by atoms with van der Waals surface area (Å²) in [6.45, 7) is 0. The molecule has 4 heteroatoms. The molecule has 1 heterocycles. The number of benzene rings is 2. The SMILES string of the molecule is O=C1CCCc2nn(-c3ccccc3)c(-c3ccc(Br)cc3)c21. The Hall–Kier alpha value is -2.20. The van der Waals surface area contributed by atoms with Crippen LogP contribution in [0.4, 0.5) is 0 Å². The predicted octanol–water partition coefficient (Wildman–Crippen LogP) is 4.82. The van der Waals surface area contributed by atoms with Crippen molar-refractivity contribution in [2.24, 2.45) is 0 Å². The van der Waals surface area contributed by atoms with Crippen molar-refractivity contribution in [3.8, 4) is 16.9 Å². The van der Waals surface area contributed by atoms with Gasteiger partial charge in [0.25, 0.3) is 0 Å². The highest BCUT2D eigenvalue weighted by atomic mass is 79.9. The normalized spacial score (nSPS) is 13.9. The summed E-state index contributed by atoms with van der Waals surface area (Å²) in [5.74, 6) is 0.200. The molecule has 0 saturated carbocycles. The van der Waals surface area contributed by atoms with E-state index < -0.39 is 0 Å². The fraction of sp³-hybridized carbons (Fsp3) is 0.158. The fourth-order valence-electron chi connectivity index (χ4n) is 3.10. The first-order valence-corrected chi connectivity index (χ1v) is 8.50. The Morgan fingerprint density at radius 2 is 1.70 bits per heavy atom. The molecule has 3 nitrogen and oxygen atoms in total. The van der Waals surface area contributed by atoms with E-state index in [4.69, 9.17) is 5.10 Å². The quantitative estimate of drug-likeness (QED) is 0.651. The molecule has 1 aliphatic carbocycles. The first-order chi connectivity index (χ1) is 11.2. The second-order valence-electron chi connectivity index (χ2n) is 5.70. The van der Waals surface area contributed by atoms with Crippen LogP contribution < -0.4 is 0 Å². The summed E-state index contributed by atoms with van der Waals surface area (Å²) in [5, 5.41) is 4.75. The number of aryl methyl sites for hydroxylation is 1. The standard InChI is InChI=1S/C19H15BrN2O/c20-14-11-9-13(10-12-14)19-18-16(7-4-8-17(18)23)21-22(19)15-5-2-1-3-6-15/h1-3,5-6,9-12H,4,7-8H2. The molecular weight excluding hydrogens is 352 g/mol. The number of nitrogens with zero attached hydrogens (tertiary/aromatic N) is 2. The predicted molar refractivity (Wildman–Crippen MR) is 94.0 cm³/mol. The Labute approximate surface area is 143 Å². The minimum Gasteiger partial charge on any atom is -0.294 e. The zero-order valence-corrected chi connectivity index (χ0v) is 14.1. The van der Waals surface area contributed by atoms with E-state index in [1.54, 1.807) is 0 Å². The molecule has 0 saturated heterocycles. The zero-order chi connectivity index (χ0) is 15.8. The van der Waals surface area contributed by atoms with Crippen molar-refractivity contribution in [1.82, 2.24) is 9.78 Å². The Morgan fingerprint density at radius 1 is 0.957 bits per heavy atom. The van der Waals surface area contributed by atoms with Gasteiger partial charge >= 0.3 is 0 Å². The van der Waals surface area contributed by atoms with Gasteiger partial charge < -0.3 is 0 Å². The molecule has 3 aromatic rings. The second kappa shape index (κ2) is 5.78. The summed E-state index contributed by atoms with van der Waals surface area (Å²) >= 11 is 3.47. The Balaban J connectivity index is 1.99. The Bertz CT molecular complexity index is 866. The average Bonchev–Trinajstić information content (AvgIpc) is 2.97. The summed E-state index contributed by atoms with van der Waals surface area (Å²) in [4.78, 5) is 12.5. The highest BCUT2D eigenvalue weighted by Crippen LogP contribution is 2.34. The minimum absolute atomic E-state index is 0.200. The van der Waals surface area contributed by atoms with Crippen LogP contribution in [0.2, 0.25) is 0 Å². The number of hydrogen-bond donors (Lipinski definition) is 0. The van der Waals surface area contributed by atoms with E-state index in [9.17, 15) is 4.79 Å². The molecule has 1 aromatic heterocycles. The molecular formula is C19H15BrN2O. The number of carbonyl (C=O) groups is 1. The maximum atomic E-state index is 12.5. The lowest BCUT2D eigenvalue weighted by molar-refractivity contribution is 0.0973. The first-order valence-electron chi connectivity index (χ1n) is 7.70. The third-order valence-electron chi connectivity index (χ3n) is 4.17. The van der Waals surface area contributed by atoms with Crippen LogP contribution in [0.5, 0.6) is 0 Å². The van der Waals surface area contributed by atoms with Crippen LogP contribution in [-0.2, 0) is 6.42 Å². The van der Waals surface area contributed by atoms with E-state index in [2.05, 4.69) is 15.9 Å². The van der Waals surface area contributed by atoms with E-state index in [0.717, 1.165) is 45.5 Å². The lowest BCUT2D eigenvalue weighted by atomic mass is 9.92. The highest BCUT2D eigenvalue weighted by Gasteiger charge is 2.28. The molecule has 114 valence electrons. The molecule has 2 aromatic carbocycles. The van der Waals surface area contributed by atoms with Crippen LogP contribution in [0.3, 0.4) is 0 Å². The fourth-order valence-corrected chi connectivity index (χ4v) is 3.37. The number of fused-ring (bicyclic) bond motifs is 1. The number of carbonyl (C=O) groups excluding carboxylic acids is 1. The molecule has 0 radical (unpaired) electrons. The van der Waals surface area contributed by atoms with Crippen molar-refractivity contribution in [3.63, 3.8) is 0 Å². The number of halogens is 1. The van der Waals surface area contributed by atoms with Gasteiger partial charge in [0.15, 0.2) is 5.78 Å². The summed E-state index contributed by atoms with van der Waals surface area (Å²) in [6, 6.07) is 18.1. The Morgan fingerprint density at radius 3 is 2.43 bits per heavy atom. The molecule has 0 N–H and O–H groups in total. The van der Waals surface area contributed by atoms with Gasteiger partial charge in [-0.25, -0.2) is 4.68 Å². The number of para-hydroxylation sites is 1. The number of aromatic nitrogens is 2. The van der Waals surface area contributed by atoms with E-state index in [0.29, 0.717) is 6.42 Å². The molecule has 0 bridgehead atoms. The molecule has 0 unspecified atom stereocenters. The highest BCUT2D eigenvalue weighted by molar-refractivity contribution is 9.10. The summed E-state index contributed by atoms with van der Waals surface area (Å²) in [6.07, 6.45) is 2.36. The monoisotopic (exact) mass is 366 g/mol. The average molecular weight is 367 g/mol. The van der Waals surface area contributed by atoms with Crippen molar-refractivity contribution in [2.75, 3.05) is 0 Å². The molecule has 1 aliphatic rings. The van der Waals surface area contributed by atoms with Gasteiger partial charge in [0.05, 0.1) is 22.6 Å². The van der Waals surface area contributed by atoms with E-state index >= 15 is 0 Å². The number of rotatable bonds is 2. The van der Waals surface area contributed by atoms with Crippen LogP contribution in [0, 0.1) is 0 Å². The van der Waals surface area contributed by atoms with E-state index in [1.165, 1.54) is 0 Å². The zero-order valence-electron chi connectivity index (χ0n) is 12.5. The first kappa shape index (κ1) is 14.4. The Kier molecular flexibility index (Phi) is 3.62. The smallest absolute Gasteiger partial charge is 0.166 e. The van der Waals surface area contributed by atoms with Gasteiger partial charge in [0.1, 0.15) is 0 Å². The van der Waals surface area contributed by atoms with Crippen LogP contribution in [0.25, 0.3) is 16.9 Å². The van der Waals surface area contributed by atoms with Crippen LogP contribution in [0.15, 0.2) is 59.1 Å². The van der Waals surface area contributed by atoms with Gasteiger partial charge in [0.2, 0.25) is 0 Å². The van der Waals surface area contributed by atoms with Gasteiger partial charge in [-0.15, -0.1) is 0 Å². The molecule has 0 fully saturated rings. The topological polar surface area (TPSA) is 34.9 Å². The lowest BCUT2D eigenvalue weighted by Crippen LogP contribution is -2.10. The molecule has 4 rings (SSSR count). The molecule has 0 aliphatic heterocycles. The maximum Gasteiger partial charge on any atom is 0.166 e. The van der Waals surface area contributed by atoms with Crippen LogP contribution in [0.1, 0.15) is 28.9 Å². The number of hydrogen-bond acceptors (Lipinski definition) is 2. The molecule has 0 atom stereocenters. The van der Waals surface area contributed by atoms with Crippen molar-refractivity contribution in [1.29, 1.82) is 0 Å². The second-order valence-corrected chi connectivity index (χ2v) is 6.62. The van der Waals surface area contributed by atoms with Crippen molar-refractivity contribution < 1.29 is 4.79 Å². The van der Waals surface area contributed by atoms with Crippen LogP contribution >= 0.6 is 15.9 Å². The summed E-state index contributed by atoms with van der Waals surface area (Å²) < 4.78 is 2.93. The van der Waals surface area contributed by atoms with Crippen molar-refractivity contribution in [3.05, 3.63) is 70.3 Å². The third kappa shape index (κ3) is 2.53. The summed E-state index contributed by atoms with van der Waals surface area (Å²) in [5.41, 5.74) is 4.61. The van der Waals surface area contributed by atoms with Gasteiger partial charge in [-0.1, -0.05) is 46.3 Å². The van der Waals surface area contributed by atoms with Crippen molar-refractivity contribution in [2.45, 2.75) is 19.3 Å². The van der Waals surface area contributed by atoms with Crippen molar-refractivity contribution >= 4 is 21.7 Å². The number of Topliss-reactive ketones (excluding diaryl/α,β-unsaturated/α-hetero) is 1. The van der Waals surface area contributed by atoms with Crippen LogP contribution in [-0.4, -0.2) is 15.6 Å². The summed E-state index contributed by atoms with van der Waals surface area (Å²) in [7, 11) is 0. The molecule has 0 amide bonds. The number of ketones is 1. The maximum absolute atomic E-state index is 12.5. The van der Waals surface area contributed by atoms with Gasteiger partial charge in [-0.05, 0) is 37.1 Å². The third-order valence-corrected chi connectivity index (χ3v) is 4.70. The molecule has 0 spiro atoms. The largest absolute Gasteiger partial charge is 0.294 e. The minimum atomic E-state index is 0.200. The van der Waals surface area contributed by atoms with Gasteiger partial charge in [0, 0.05) is 16.5 Å². The molecule has 23 heavy (non-hydrogen) atoms.